The first-order valence-corrected chi connectivity index (χ1v) is 24.8. The molecule has 0 aromatic heterocycles. The lowest BCUT2D eigenvalue weighted by molar-refractivity contribution is -0.870. The number of ether oxygens (including phenoxy) is 3. The van der Waals surface area contributed by atoms with Crippen LogP contribution < -0.4 is 4.89 Å². The zero-order valence-corrected chi connectivity index (χ0v) is 40.3. The summed E-state index contributed by atoms with van der Waals surface area (Å²) in [5, 5.41) is 0. The van der Waals surface area contributed by atoms with Crippen LogP contribution in [0.5, 0.6) is 0 Å². The van der Waals surface area contributed by atoms with E-state index in [0.29, 0.717) is 36.1 Å². The van der Waals surface area contributed by atoms with Crippen LogP contribution in [0.3, 0.4) is 0 Å². The van der Waals surface area contributed by atoms with Crippen LogP contribution in [0.4, 0.5) is 0 Å². The second-order valence-electron chi connectivity index (χ2n) is 16.4. The van der Waals surface area contributed by atoms with Crippen LogP contribution in [0.25, 0.3) is 0 Å². The smallest absolute Gasteiger partial charge is 0.306 e. The van der Waals surface area contributed by atoms with Crippen molar-refractivity contribution in [2.24, 2.45) is 0 Å². The molecule has 1 aliphatic heterocycles. The van der Waals surface area contributed by atoms with E-state index in [0.717, 1.165) is 89.9 Å². The molecule has 0 N–H and O–H groups in total. The lowest BCUT2D eigenvalue weighted by Crippen LogP contribution is -2.37. The number of phosphoric ester groups is 1. The van der Waals surface area contributed by atoms with Gasteiger partial charge in [-0.25, -0.2) is 0 Å². The van der Waals surface area contributed by atoms with Crippen molar-refractivity contribution in [3.63, 3.8) is 0 Å². The molecule has 0 aromatic carbocycles. The lowest BCUT2D eigenvalue weighted by atomic mass is 10.1. The minimum atomic E-state index is -4.67. The minimum Gasteiger partial charge on any atom is -0.756 e. The largest absolute Gasteiger partial charge is 0.756 e. The lowest BCUT2D eigenvalue weighted by Gasteiger charge is -2.28. The molecule has 1 aliphatic rings. The molecule has 0 spiro atoms. The number of hydrogen-bond acceptors (Lipinski definition) is 9. The van der Waals surface area contributed by atoms with E-state index in [1.165, 1.54) is 0 Å². The standard InChI is InChI=1S/C52H82NO9P/c1-6-8-10-11-12-13-14-15-16-17-18-19-20-21-25-28-31-34-38-42-51(54)58-46-48(47-60-63(56,57)59-45-44-53(3,4)5)61-52(55)43-39-35-32-29-26-23-22-24-27-30-33-37-41-50-49(62-50)40-36-9-7-2/h8-10,12-13,15-16,18-19,21,23-27,32-33,35-37,48-50H,6-7,11,14,17,20,22,28-31,34,38-47H2,1-5H3/b10-8-,13-12-,16-15-,19-18-,25-21-,26-23-,27-24-,35-32-,36-9-,37-33-/t48-,49?,50?/m1/s1. The van der Waals surface area contributed by atoms with Crippen molar-refractivity contribution in [3.8, 4) is 0 Å². The number of carbonyl (C=O) groups is 2. The summed E-state index contributed by atoms with van der Waals surface area (Å²) >= 11 is 0. The van der Waals surface area contributed by atoms with Gasteiger partial charge in [-0.05, 0) is 96.3 Å². The predicted octanol–water partition coefficient (Wildman–Crippen LogP) is 12.0. The first kappa shape index (κ1) is 57.4. The maximum absolute atomic E-state index is 12.7. The molecule has 10 nitrogen and oxygen atoms in total. The Labute approximate surface area is 382 Å². The molecule has 63 heavy (non-hydrogen) atoms. The third-order valence-electron chi connectivity index (χ3n) is 9.39. The summed E-state index contributed by atoms with van der Waals surface area (Å²) in [6, 6.07) is 0. The monoisotopic (exact) mass is 896 g/mol. The van der Waals surface area contributed by atoms with Gasteiger partial charge in [0.2, 0.25) is 0 Å². The highest BCUT2D eigenvalue weighted by Gasteiger charge is 2.36. The van der Waals surface area contributed by atoms with Crippen molar-refractivity contribution < 1.29 is 46.8 Å². The Morgan fingerprint density at radius 1 is 0.571 bits per heavy atom. The molecular weight excluding hydrogens is 814 g/mol. The molecule has 0 radical (unpaired) electrons. The van der Waals surface area contributed by atoms with Crippen molar-refractivity contribution in [2.75, 3.05) is 47.5 Å². The molecule has 0 aliphatic carbocycles. The Morgan fingerprint density at radius 2 is 1.03 bits per heavy atom. The Hall–Kier alpha value is -3.63. The van der Waals surface area contributed by atoms with Gasteiger partial charge in [0.1, 0.15) is 19.8 Å². The van der Waals surface area contributed by atoms with E-state index in [1.807, 2.05) is 33.3 Å². The van der Waals surface area contributed by atoms with Gasteiger partial charge >= 0.3 is 11.9 Å². The van der Waals surface area contributed by atoms with Crippen LogP contribution in [0.2, 0.25) is 0 Å². The Kier molecular flexibility index (Phi) is 35.3. The summed E-state index contributed by atoms with van der Waals surface area (Å²) in [7, 11) is 1.07. The van der Waals surface area contributed by atoms with E-state index in [-0.39, 0.29) is 26.1 Å². The summed E-state index contributed by atoms with van der Waals surface area (Å²) < 4.78 is 39.5. The third kappa shape index (κ3) is 39.7. The summed E-state index contributed by atoms with van der Waals surface area (Å²) in [5.74, 6) is -0.989. The molecule has 4 atom stereocenters. The molecule has 0 bridgehead atoms. The van der Waals surface area contributed by atoms with Crippen LogP contribution in [-0.4, -0.2) is 82.2 Å². The number of nitrogens with zero attached hydrogens (tertiary/aromatic N) is 1. The zero-order chi connectivity index (χ0) is 46.1. The zero-order valence-electron chi connectivity index (χ0n) is 39.4. The first-order valence-electron chi connectivity index (χ1n) is 23.4. The number of carbonyl (C=O) groups excluding carboxylic acids is 2. The molecule has 11 heteroatoms. The third-order valence-corrected chi connectivity index (χ3v) is 10.4. The maximum Gasteiger partial charge on any atom is 0.306 e. The Morgan fingerprint density at radius 3 is 1.56 bits per heavy atom. The van der Waals surface area contributed by atoms with Crippen molar-refractivity contribution in [1.29, 1.82) is 0 Å². The van der Waals surface area contributed by atoms with E-state index in [2.05, 4.69) is 123 Å². The average molecular weight is 896 g/mol. The van der Waals surface area contributed by atoms with Gasteiger partial charge in [0.15, 0.2) is 6.10 Å². The number of unbranched alkanes of at least 4 members (excludes halogenated alkanes) is 3. The van der Waals surface area contributed by atoms with Gasteiger partial charge in [0.25, 0.3) is 7.82 Å². The number of epoxide rings is 1. The second kappa shape index (κ2) is 38.8. The Balaban J connectivity index is 2.35. The summed E-state index contributed by atoms with van der Waals surface area (Å²) in [4.78, 5) is 37.6. The van der Waals surface area contributed by atoms with Gasteiger partial charge in [0, 0.05) is 12.8 Å². The van der Waals surface area contributed by atoms with Crippen LogP contribution in [0.15, 0.2) is 122 Å². The van der Waals surface area contributed by atoms with Crippen molar-refractivity contribution in [2.45, 2.75) is 148 Å². The van der Waals surface area contributed by atoms with Crippen LogP contribution >= 0.6 is 7.82 Å². The summed E-state index contributed by atoms with van der Waals surface area (Å²) in [6.07, 6.45) is 57.1. The molecule has 0 saturated carbocycles. The van der Waals surface area contributed by atoms with E-state index in [1.54, 1.807) is 0 Å². The Bertz CT molecular complexity index is 1550. The number of phosphoric acid groups is 1. The van der Waals surface area contributed by atoms with Gasteiger partial charge in [-0.1, -0.05) is 142 Å². The van der Waals surface area contributed by atoms with E-state index in [9.17, 15) is 19.0 Å². The van der Waals surface area contributed by atoms with E-state index >= 15 is 0 Å². The number of likely N-dealkylation sites (N-methyl/N-ethyl adjacent to an activating group) is 1. The molecule has 1 saturated heterocycles. The fourth-order valence-electron chi connectivity index (χ4n) is 5.69. The molecule has 1 rings (SSSR count). The fraction of sp³-hybridized carbons (Fsp3) is 0.577. The molecular formula is C52H82NO9P. The number of esters is 2. The second-order valence-corrected chi connectivity index (χ2v) is 17.8. The summed E-state index contributed by atoms with van der Waals surface area (Å²) in [5.41, 5.74) is 0. The van der Waals surface area contributed by atoms with Crippen molar-refractivity contribution >= 4 is 19.8 Å². The first-order chi connectivity index (χ1) is 30.5. The van der Waals surface area contributed by atoms with Crippen molar-refractivity contribution in [1.82, 2.24) is 0 Å². The van der Waals surface area contributed by atoms with Crippen LogP contribution in [0.1, 0.15) is 129 Å². The highest BCUT2D eigenvalue weighted by atomic mass is 31.2. The van der Waals surface area contributed by atoms with Crippen LogP contribution in [-0.2, 0) is 37.4 Å². The number of rotatable bonds is 39. The predicted molar refractivity (Wildman–Crippen MR) is 258 cm³/mol. The molecule has 1 fully saturated rings. The molecule has 0 amide bonds. The SMILES string of the molecule is CC/C=C\C/C=C\C/C=C\C/C=C\C/C=C\CCCCCC(=O)OC[C@H](COP(=O)([O-])OCC[N+](C)(C)C)OC(=O)CC/C=C\C/C=C\C/C=C\C/C=C\CC1OC1C/C=C\CC. The minimum absolute atomic E-state index is 0.0598. The maximum atomic E-state index is 12.7. The molecule has 354 valence electrons. The highest BCUT2D eigenvalue weighted by molar-refractivity contribution is 7.45. The average Bonchev–Trinajstić information content (AvgIpc) is 3.99. The number of quaternary nitrogens is 1. The van der Waals surface area contributed by atoms with Crippen molar-refractivity contribution in [3.05, 3.63) is 122 Å². The summed E-state index contributed by atoms with van der Waals surface area (Å²) in [6.45, 7) is 3.83. The molecule has 3 unspecified atom stereocenters. The number of hydrogen-bond donors (Lipinski definition) is 0. The quantitative estimate of drug-likeness (QED) is 0.0148. The molecule has 0 aromatic rings. The van der Waals surface area contributed by atoms with Gasteiger partial charge in [0.05, 0.1) is 40.0 Å². The van der Waals surface area contributed by atoms with Crippen LogP contribution in [0, 0.1) is 0 Å². The fourth-order valence-corrected chi connectivity index (χ4v) is 6.42. The van der Waals surface area contributed by atoms with Gasteiger partial charge < -0.3 is 32.6 Å². The normalized spacial score (nSPS) is 17.8. The van der Waals surface area contributed by atoms with E-state index < -0.39 is 32.5 Å². The van der Waals surface area contributed by atoms with Gasteiger partial charge in [-0.3, -0.25) is 14.2 Å². The van der Waals surface area contributed by atoms with Gasteiger partial charge in [-0.15, -0.1) is 0 Å². The van der Waals surface area contributed by atoms with E-state index in [4.69, 9.17) is 23.3 Å². The number of allylic oxidation sites excluding steroid dienone is 18. The highest BCUT2D eigenvalue weighted by Crippen LogP contribution is 2.38. The molecule has 1 heterocycles. The van der Waals surface area contributed by atoms with Gasteiger partial charge in [-0.2, -0.15) is 0 Å². The topological polar surface area (TPSA) is 124 Å².